The molecule has 0 saturated carbocycles. The molecule has 8 heteroatoms. The number of anilines is 1. The zero-order chi connectivity index (χ0) is 19.4. The number of amides is 1. The maximum Gasteiger partial charge on any atom is 0.351 e. The quantitative estimate of drug-likeness (QED) is 0.639. The maximum atomic E-state index is 14.0. The second kappa shape index (κ2) is 7.86. The molecule has 1 aliphatic rings. The van der Waals surface area contributed by atoms with Crippen LogP contribution < -0.4 is 14.8 Å². The highest BCUT2D eigenvalue weighted by Crippen LogP contribution is 2.31. The lowest BCUT2D eigenvalue weighted by atomic mass is 10.1. The van der Waals surface area contributed by atoms with Crippen molar-refractivity contribution in [3.8, 4) is 11.5 Å². The zero-order valence-electron chi connectivity index (χ0n) is 14.4. The fourth-order valence-electron chi connectivity index (χ4n) is 2.47. The summed E-state index contributed by atoms with van der Waals surface area (Å²) in [7, 11) is 0. The van der Waals surface area contributed by atoms with Crippen LogP contribution in [-0.2, 0) is 14.3 Å². The summed E-state index contributed by atoms with van der Waals surface area (Å²) in [4.78, 5) is 35.2. The Morgan fingerprint density at radius 2 is 1.93 bits per heavy atom. The van der Waals surface area contributed by atoms with E-state index in [0.717, 1.165) is 6.07 Å². The highest BCUT2D eigenvalue weighted by molar-refractivity contribution is 5.99. The minimum Gasteiger partial charge on any atom is -0.485 e. The van der Waals surface area contributed by atoms with Gasteiger partial charge in [0.15, 0.2) is 18.1 Å². The van der Waals surface area contributed by atoms with Crippen LogP contribution >= 0.6 is 0 Å². The highest BCUT2D eigenvalue weighted by Gasteiger charge is 2.29. The summed E-state index contributed by atoms with van der Waals surface area (Å²) in [6, 6.07) is 10.5. The largest absolute Gasteiger partial charge is 0.485 e. The molecule has 0 spiro atoms. The summed E-state index contributed by atoms with van der Waals surface area (Å²) in [6.45, 7) is 0.590. The third-order valence-corrected chi connectivity index (χ3v) is 3.71. The van der Waals surface area contributed by atoms with E-state index in [9.17, 15) is 18.8 Å². The number of esters is 1. The molecule has 0 saturated heterocycles. The van der Waals surface area contributed by atoms with Gasteiger partial charge in [0.2, 0.25) is 17.8 Å². The molecule has 0 bridgehead atoms. The van der Waals surface area contributed by atoms with Crippen molar-refractivity contribution in [3.63, 3.8) is 0 Å². The molecule has 1 aliphatic heterocycles. The number of Topliss-reactive ketones (excluding diaryl/α,β-unsaturated/α-hetero) is 1. The second-order valence-corrected chi connectivity index (χ2v) is 5.77. The molecule has 140 valence electrons. The van der Waals surface area contributed by atoms with Crippen LogP contribution in [0.3, 0.4) is 0 Å². The van der Waals surface area contributed by atoms with Gasteiger partial charge in [-0.1, -0.05) is 12.1 Å². The number of para-hydroxylation sites is 2. The minimum atomic E-state index is -1.01. The molecule has 1 heterocycles. The Hall–Kier alpha value is -3.42. The van der Waals surface area contributed by atoms with Crippen LogP contribution in [0.4, 0.5) is 10.1 Å². The number of halogens is 1. The van der Waals surface area contributed by atoms with Gasteiger partial charge in [-0.05, 0) is 30.3 Å². The second-order valence-electron chi connectivity index (χ2n) is 5.77. The van der Waals surface area contributed by atoms with Gasteiger partial charge in [0.25, 0.3) is 0 Å². The first kappa shape index (κ1) is 18.4. The van der Waals surface area contributed by atoms with E-state index in [4.69, 9.17) is 14.2 Å². The summed E-state index contributed by atoms with van der Waals surface area (Å²) >= 11 is 0. The summed E-state index contributed by atoms with van der Waals surface area (Å²) in [5.74, 6) is -1.77. The third kappa shape index (κ3) is 4.41. The maximum absolute atomic E-state index is 14.0. The van der Waals surface area contributed by atoms with Crippen LogP contribution in [0.5, 0.6) is 11.5 Å². The Morgan fingerprint density at radius 1 is 1.19 bits per heavy atom. The van der Waals surface area contributed by atoms with E-state index in [1.165, 1.54) is 19.1 Å². The van der Waals surface area contributed by atoms with Gasteiger partial charge < -0.3 is 19.5 Å². The van der Waals surface area contributed by atoms with Gasteiger partial charge in [0.05, 0.1) is 5.56 Å². The molecule has 1 atom stereocenters. The molecule has 1 N–H and O–H groups in total. The van der Waals surface area contributed by atoms with Crippen LogP contribution in [0.2, 0.25) is 0 Å². The van der Waals surface area contributed by atoms with E-state index in [2.05, 4.69) is 5.32 Å². The summed E-state index contributed by atoms with van der Waals surface area (Å²) in [5.41, 5.74) is -0.0250. The lowest BCUT2D eigenvalue weighted by molar-refractivity contribution is -0.153. The molecule has 0 aromatic heterocycles. The topological polar surface area (TPSA) is 90.9 Å². The standard InChI is InChI=1S/C19H16FNO6/c1-11(22)21-12-6-7-13(14(20)8-12)15(23)9-26-19(24)18-10-25-16-4-2-3-5-17(16)27-18/h2-8,18H,9-10H2,1H3,(H,21,22)/t18-/m1/s1. The number of benzene rings is 2. The van der Waals surface area contributed by atoms with Gasteiger partial charge in [-0.15, -0.1) is 0 Å². The van der Waals surface area contributed by atoms with Crippen molar-refractivity contribution in [2.45, 2.75) is 13.0 Å². The summed E-state index contributed by atoms with van der Waals surface area (Å²) in [5, 5.41) is 2.41. The number of ketones is 1. The number of carbonyl (C=O) groups is 3. The van der Waals surface area contributed by atoms with E-state index in [0.29, 0.717) is 11.5 Å². The number of hydrogen-bond donors (Lipinski definition) is 1. The SMILES string of the molecule is CC(=O)Nc1ccc(C(=O)COC(=O)[C@H]2COc3ccccc3O2)c(F)c1. The molecule has 0 fully saturated rings. The molecule has 27 heavy (non-hydrogen) atoms. The predicted octanol–water partition coefficient (Wildman–Crippen LogP) is 2.35. The zero-order valence-corrected chi connectivity index (χ0v) is 14.4. The highest BCUT2D eigenvalue weighted by atomic mass is 19.1. The van der Waals surface area contributed by atoms with Crippen molar-refractivity contribution in [1.29, 1.82) is 0 Å². The van der Waals surface area contributed by atoms with Crippen molar-refractivity contribution in [3.05, 3.63) is 53.8 Å². The van der Waals surface area contributed by atoms with Gasteiger partial charge >= 0.3 is 5.97 Å². The van der Waals surface area contributed by atoms with Gasteiger partial charge in [0, 0.05) is 12.6 Å². The molecule has 0 unspecified atom stereocenters. The van der Waals surface area contributed by atoms with Gasteiger partial charge in [-0.2, -0.15) is 0 Å². The number of carbonyl (C=O) groups excluding carboxylic acids is 3. The van der Waals surface area contributed by atoms with Crippen molar-refractivity contribution in [1.82, 2.24) is 0 Å². The van der Waals surface area contributed by atoms with Crippen molar-refractivity contribution in [2.75, 3.05) is 18.5 Å². The Bertz CT molecular complexity index is 898. The lowest BCUT2D eigenvalue weighted by Gasteiger charge is -2.24. The molecule has 7 nitrogen and oxygen atoms in total. The van der Waals surface area contributed by atoms with Crippen LogP contribution in [0.15, 0.2) is 42.5 Å². The van der Waals surface area contributed by atoms with Gasteiger partial charge in [-0.25, -0.2) is 9.18 Å². The fraction of sp³-hybridized carbons (Fsp3) is 0.211. The molecule has 3 rings (SSSR count). The third-order valence-electron chi connectivity index (χ3n) is 3.71. The van der Waals surface area contributed by atoms with Crippen molar-refractivity contribution >= 4 is 23.3 Å². The van der Waals surface area contributed by atoms with Crippen LogP contribution in [0.1, 0.15) is 17.3 Å². The first-order valence-corrected chi connectivity index (χ1v) is 8.09. The van der Waals surface area contributed by atoms with Crippen LogP contribution in [-0.4, -0.2) is 37.0 Å². The molecule has 2 aromatic carbocycles. The molecular weight excluding hydrogens is 357 g/mol. The Labute approximate surface area is 154 Å². The summed E-state index contributed by atoms with van der Waals surface area (Å²) in [6.07, 6.45) is -1.01. The van der Waals surface area contributed by atoms with E-state index in [1.54, 1.807) is 24.3 Å². The lowest BCUT2D eigenvalue weighted by Crippen LogP contribution is -2.38. The van der Waals surface area contributed by atoms with E-state index in [-0.39, 0.29) is 23.8 Å². The first-order valence-electron chi connectivity index (χ1n) is 8.09. The Morgan fingerprint density at radius 3 is 2.63 bits per heavy atom. The number of nitrogens with one attached hydrogen (secondary N) is 1. The number of rotatable bonds is 5. The number of hydrogen-bond acceptors (Lipinski definition) is 6. The van der Waals surface area contributed by atoms with E-state index in [1.807, 2.05) is 0 Å². The predicted molar refractivity (Wildman–Crippen MR) is 92.3 cm³/mol. The number of ether oxygens (including phenoxy) is 3. The van der Waals surface area contributed by atoms with E-state index < -0.39 is 30.3 Å². The monoisotopic (exact) mass is 373 g/mol. The average molecular weight is 373 g/mol. The molecule has 1 amide bonds. The number of fused-ring (bicyclic) bond motifs is 1. The molecule has 2 aromatic rings. The normalized spacial score (nSPS) is 15.0. The smallest absolute Gasteiger partial charge is 0.351 e. The van der Waals surface area contributed by atoms with E-state index >= 15 is 0 Å². The van der Waals surface area contributed by atoms with Crippen molar-refractivity contribution < 1.29 is 33.0 Å². The van der Waals surface area contributed by atoms with Crippen molar-refractivity contribution in [2.24, 2.45) is 0 Å². The fourth-order valence-corrected chi connectivity index (χ4v) is 2.47. The minimum absolute atomic E-state index is 0.0518. The Balaban J connectivity index is 1.58. The van der Waals surface area contributed by atoms with Gasteiger partial charge in [-0.3, -0.25) is 9.59 Å². The summed E-state index contributed by atoms with van der Waals surface area (Å²) < 4.78 is 29.9. The van der Waals surface area contributed by atoms with Crippen LogP contribution in [0, 0.1) is 5.82 Å². The Kier molecular flexibility index (Phi) is 5.35. The molecule has 0 radical (unpaired) electrons. The van der Waals surface area contributed by atoms with Crippen LogP contribution in [0.25, 0.3) is 0 Å². The molecular formula is C19H16FNO6. The first-order chi connectivity index (χ1) is 12.9. The average Bonchev–Trinajstić information content (AvgIpc) is 2.65. The molecule has 0 aliphatic carbocycles. The van der Waals surface area contributed by atoms with Gasteiger partial charge in [0.1, 0.15) is 12.4 Å².